The second kappa shape index (κ2) is 4.70. The van der Waals surface area contributed by atoms with Crippen LogP contribution < -0.4 is 4.74 Å². The Labute approximate surface area is 105 Å². The average molecular weight is 251 g/mol. The van der Waals surface area contributed by atoms with Crippen molar-refractivity contribution in [2.24, 2.45) is 4.40 Å². The topological polar surface area (TPSA) is 44.7 Å². The van der Waals surface area contributed by atoms with Crippen molar-refractivity contribution in [3.05, 3.63) is 29.8 Å². The Kier molecular flexibility index (Phi) is 3.45. The van der Waals surface area contributed by atoms with Crippen LogP contribution in [0.1, 0.15) is 26.3 Å². The highest BCUT2D eigenvalue weighted by Gasteiger charge is 2.27. The molecule has 1 heterocycles. The molecule has 0 N–H and O–H groups in total. The predicted octanol–water partition coefficient (Wildman–Crippen LogP) is 2.52. The number of hydrogen-bond donors (Lipinski definition) is 0. The van der Waals surface area contributed by atoms with Crippen LogP contribution in [0.3, 0.4) is 0 Å². The van der Waals surface area contributed by atoms with E-state index in [1.807, 2.05) is 45.0 Å². The van der Waals surface area contributed by atoms with Crippen molar-refractivity contribution < 1.29 is 9.29 Å². The van der Waals surface area contributed by atoms with Crippen LogP contribution in [-0.4, -0.2) is 21.6 Å². The molecule has 1 aromatic rings. The van der Waals surface area contributed by atoms with E-state index < -0.39 is 11.4 Å². The van der Waals surface area contributed by atoms with Gasteiger partial charge in [-0.1, -0.05) is 22.6 Å². The van der Waals surface area contributed by atoms with Gasteiger partial charge in [0.05, 0.1) is 6.21 Å². The van der Waals surface area contributed by atoms with Crippen molar-refractivity contribution in [3.8, 4) is 5.75 Å². The Morgan fingerprint density at radius 2 is 2.12 bits per heavy atom. The van der Waals surface area contributed by atoms with Crippen molar-refractivity contribution in [1.29, 1.82) is 0 Å². The van der Waals surface area contributed by atoms with E-state index in [1.54, 1.807) is 6.21 Å². The molecule has 2 rings (SSSR count). The van der Waals surface area contributed by atoms with Gasteiger partial charge < -0.3 is 9.29 Å². The molecule has 17 heavy (non-hydrogen) atoms. The van der Waals surface area contributed by atoms with Crippen molar-refractivity contribution in [3.63, 3.8) is 0 Å². The number of nitrogens with zero attached hydrogens (tertiary/aromatic N) is 1. The summed E-state index contributed by atoms with van der Waals surface area (Å²) in [5, 5.41) is 0. The second-order valence-electron chi connectivity index (χ2n) is 5.08. The molecule has 2 unspecified atom stereocenters. The van der Waals surface area contributed by atoms with Gasteiger partial charge in [0.15, 0.2) is 0 Å². The maximum Gasteiger partial charge on any atom is 0.144 e. The molecule has 0 amide bonds. The maximum absolute atomic E-state index is 11.8. The molecular weight excluding hydrogens is 234 g/mol. The van der Waals surface area contributed by atoms with E-state index in [1.165, 1.54) is 5.56 Å². The maximum atomic E-state index is 11.8. The van der Waals surface area contributed by atoms with Gasteiger partial charge >= 0.3 is 0 Å². The smallest absolute Gasteiger partial charge is 0.144 e. The fourth-order valence-electron chi connectivity index (χ4n) is 1.57. The third kappa shape index (κ3) is 3.01. The van der Waals surface area contributed by atoms with Gasteiger partial charge in [0, 0.05) is 6.42 Å². The molecule has 92 valence electrons. The SMILES string of the molecule is CC(C)(C)[S+]([O-])/N=C/C1Cc2ccccc2O1. The minimum Gasteiger partial charge on any atom is -0.591 e. The lowest BCUT2D eigenvalue weighted by molar-refractivity contribution is 0.306. The first-order valence-electron chi connectivity index (χ1n) is 5.67. The molecule has 0 spiro atoms. The highest BCUT2D eigenvalue weighted by molar-refractivity contribution is 7.91. The quantitative estimate of drug-likeness (QED) is 0.599. The Bertz CT molecular complexity index is 401. The standard InChI is InChI=1S/C13H17NO2S/c1-13(2,3)17(15)14-9-11-8-10-6-4-5-7-12(10)16-11/h4-7,9,11H,8H2,1-3H3/b14-9+. The van der Waals surface area contributed by atoms with Crippen LogP contribution >= 0.6 is 0 Å². The zero-order chi connectivity index (χ0) is 12.5. The number of ether oxygens (including phenoxy) is 1. The van der Waals surface area contributed by atoms with Crippen molar-refractivity contribution >= 4 is 17.6 Å². The summed E-state index contributed by atoms with van der Waals surface area (Å²) >= 11 is -1.21. The molecule has 2 atom stereocenters. The summed E-state index contributed by atoms with van der Waals surface area (Å²) in [4.78, 5) is 0. The Morgan fingerprint density at radius 1 is 1.41 bits per heavy atom. The molecule has 0 saturated carbocycles. The van der Waals surface area contributed by atoms with Crippen LogP contribution in [0.5, 0.6) is 5.75 Å². The summed E-state index contributed by atoms with van der Waals surface area (Å²) in [6, 6.07) is 7.94. The molecule has 0 aromatic heterocycles. The minimum absolute atomic E-state index is 0.0845. The van der Waals surface area contributed by atoms with Gasteiger partial charge in [-0.3, -0.25) is 0 Å². The highest BCUT2D eigenvalue weighted by Crippen LogP contribution is 2.27. The van der Waals surface area contributed by atoms with E-state index >= 15 is 0 Å². The van der Waals surface area contributed by atoms with Crippen molar-refractivity contribution in [1.82, 2.24) is 0 Å². The number of rotatable bonds is 2. The first-order chi connectivity index (χ1) is 7.97. The monoisotopic (exact) mass is 251 g/mol. The van der Waals surface area contributed by atoms with Gasteiger partial charge in [-0.15, -0.1) is 0 Å². The summed E-state index contributed by atoms with van der Waals surface area (Å²) < 4.78 is 21.2. The molecular formula is C13H17NO2S. The van der Waals surface area contributed by atoms with E-state index in [2.05, 4.69) is 4.40 Å². The first-order valence-corrected chi connectivity index (χ1v) is 6.78. The van der Waals surface area contributed by atoms with E-state index in [-0.39, 0.29) is 10.9 Å². The summed E-state index contributed by atoms with van der Waals surface area (Å²) in [6.45, 7) is 5.72. The fourth-order valence-corrected chi connectivity index (χ4v) is 2.14. The summed E-state index contributed by atoms with van der Waals surface area (Å²) in [7, 11) is 0. The van der Waals surface area contributed by atoms with E-state index in [0.29, 0.717) is 0 Å². The number of benzene rings is 1. The Hall–Kier alpha value is -1.00. The Morgan fingerprint density at radius 3 is 2.76 bits per heavy atom. The average Bonchev–Trinajstić information content (AvgIpc) is 2.66. The van der Waals surface area contributed by atoms with Crippen molar-refractivity contribution in [2.75, 3.05) is 0 Å². The molecule has 3 nitrogen and oxygen atoms in total. The largest absolute Gasteiger partial charge is 0.591 e. The summed E-state index contributed by atoms with van der Waals surface area (Å²) in [5.41, 5.74) is 1.19. The predicted molar refractivity (Wildman–Crippen MR) is 70.9 cm³/mol. The number of fused-ring (bicyclic) bond motifs is 1. The first kappa shape index (κ1) is 12.5. The van der Waals surface area contributed by atoms with Crippen LogP contribution in [0.4, 0.5) is 0 Å². The summed E-state index contributed by atoms with van der Waals surface area (Å²) in [6.07, 6.45) is 2.39. The molecule has 1 aliphatic heterocycles. The fraction of sp³-hybridized carbons (Fsp3) is 0.462. The molecule has 0 aliphatic carbocycles. The van der Waals surface area contributed by atoms with Crippen LogP contribution in [-0.2, 0) is 17.8 Å². The lowest BCUT2D eigenvalue weighted by Gasteiger charge is -2.18. The molecule has 4 heteroatoms. The third-order valence-electron chi connectivity index (χ3n) is 2.52. The second-order valence-corrected chi connectivity index (χ2v) is 7.02. The number of hydrogen-bond acceptors (Lipinski definition) is 3. The van der Waals surface area contributed by atoms with Crippen molar-refractivity contribution in [2.45, 2.75) is 38.0 Å². The van der Waals surface area contributed by atoms with Crippen LogP contribution in [0, 0.1) is 0 Å². The van der Waals surface area contributed by atoms with E-state index in [9.17, 15) is 4.55 Å². The number of para-hydroxylation sites is 1. The third-order valence-corrected chi connectivity index (χ3v) is 3.88. The van der Waals surface area contributed by atoms with Gasteiger partial charge in [-0.2, -0.15) is 0 Å². The van der Waals surface area contributed by atoms with E-state index in [0.717, 1.165) is 12.2 Å². The zero-order valence-corrected chi connectivity index (χ0v) is 11.2. The normalized spacial score (nSPS) is 21.3. The molecule has 0 radical (unpaired) electrons. The van der Waals surface area contributed by atoms with Gasteiger partial charge in [0.2, 0.25) is 0 Å². The molecule has 0 fully saturated rings. The van der Waals surface area contributed by atoms with Crippen LogP contribution in [0.2, 0.25) is 0 Å². The van der Waals surface area contributed by atoms with E-state index in [4.69, 9.17) is 4.74 Å². The van der Waals surface area contributed by atoms with Gasteiger partial charge in [0.25, 0.3) is 0 Å². The molecule has 1 aliphatic rings. The van der Waals surface area contributed by atoms with Gasteiger partial charge in [-0.25, -0.2) is 0 Å². The van der Waals surface area contributed by atoms with Crippen LogP contribution in [0.25, 0.3) is 0 Å². The van der Waals surface area contributed by atoms with Gasteiger partial charge in [-0.05, 0) is 32.4 Å². The molecule has 0 saturated heterocycles. The lowest BCUT2D eigenvalue weighted by atomic mass is 10.1. The summed E-state index contributed by atoms with van der Waals surface area (Å²) in [5.74, 6) is 0.908. The van der Waals surface area contributed by atoms with Gasteiger partial charge in [0.1, 0.15) is 28.0 Å². The minimum atomic E-state index is -1.21. The zero-order valence-electron chi connectivity index (χ0n) is 10.3. The molecule has 1 aromatic carbocycles. The van der Waals surface area contributed by atoms with Crippen LogP contribution in [0.15, 0.2) is 28.7 Å². The lowest BCUT2D eigenvalue weighted by Crippen LogP contribution is -2.27. The highest BCUT2D eigenvalue weighted by atomic mass is 32.2. The Balaban J connectivity index is 1.98. The molecule has 0 bridgehead atoms.